The maximum atomic E-state index is 14.0. The van der Waals surface area contributed by atoms with Crippen molar-refractivity contribution in [1.29, 1.82) is 0 Å². The molecule has 0 amide bonds. The third-order valence-electron chi connectivity index (χ3n) is 5.85. The SMILES string of the molecule is Oc1ccccc1-c1nc2c(C(F)(F)F)nc3ccccc3c2n1CCN1CCNCC1. The van der Waals surface area contributed by atoms with Gasteiger partial charge in [0.2, 0.25) is 0 Å². The van der Waals surface area contributed by atoms with E-state index in [4.69, 9.17) is 0 Å². The summed E-state index contributed by atoms with van der Waals surface area (Å²) in [6.07, 6.45) is -4.66. The van der Waals surface area contributed by atoms with E-state index >= 15 is 0 Å². The van der Waals surface area contributed by atoms with Crippen LogP contribution in [0.3, 0.4) is 0 Å². The molecule has 1 aliphatic heterocycles. The van der Waals surface area contributed by atoms with E-state index in [2.05, 4.69) is 20.2 Å². The summed E-state index contributed by atoms with van der Waals surface area (Å²) in [7, 11) is 0. The van der Waals surface area contributed by atoms with E-state index in [1.54, 1.807) is 47.0 Å². The Morgan fingerprint density at radius 3 is 2.41 bits per heavy atom. The summed E-state index contributed by atoms with van der Waals surface area (Å²) in [5.74, 6) is 0.272. The van der Waals surface area contributed by atoms with E-state index in [0.717, 1.165) is 26.2 Å². The number of nitrogens with one attached hydrogen (secondary N) is 1. The maximum absolute atomic E-state index is 14.0. The van der Waals surface area contributed by atoms with Crippen molar-refractivity contribution in [1.82, 2.24) is 24.8 Å². The molecule has 9 heteroatoms. The van der Waals surface area contributed by atoms with E-state index in [0.29, 0.717) is 35.4 Å². The van der Waals surface area contributed by atoms with Crippen LogP contribution >= 0.6 is 0 Å². The van der Waals surface area contributed by atoms with Crippen molar-refractivity contribution in [3.8, 4) is 17.1 Å². The number of nitrogens with zero attached hydrogens (tertiary/aromatic N) is 4. The van der Waals surface area contributed by atoms with Crippen LogP contribution < -0.4 is 5.32 Å². The first-order chi connectivity index (χ1) is 15.4. The van der Waals surface area contributed by atoms with Crippen molar-refractivity contribution in [2.24, 2.45) is 0 Å². The second-order valence-corrected chi connectivity index (χ2v) is 7.87. The molecule has 2 N–H and O–H groups in total. The minimum Gasteiger partial charge on any atom is -0.507 e. The van der Waals surface area contributed by atoms with Crippen molar-refractivity contribution >= 4 is 21.9 Å². The van der Waals surface area contributed by atoms with E-state index < -0.39 is 11.9 Å². The second kappa shape index (κ2) is 8.07. The van der Waals surface area contributed by atoms with Crippen LogP contribution in [0.25, 0.3) is 33.3 Å². The number of hydrogen-bond acceptors (Lipinski definition) is 5. The highest BCUT2D eigenvalue weighted by Gasteiger charge is 2.37. The zero-order chi connectivity index (χ0) is 22.3. The second-order valence-electron chi connectivity index (χ2n) is 7.87. The van der Waals surface area contributed by atoms with Crippen LogP contribution in [0.1, 0.15) is 5.69 Å². The summed E-state index contributed by atoms with van der Waals surface area (Å²) in [4.78, 5) is 10.6. The van der Waals surface area contributed by atoms with Gasteiger partial charge in [-0.15, -0.1) is 0 Å². The molecule has 2 aromatic heterocycles. The molecular weight excluding hydrogens is 419 g/mol. The van der Waals surface area contributed by atoms with Crippen LogP contribution in [-0.4, -0.2) is 57.3 Å². The summed E-state index contributed by atoms with van der Waals surface area (Å²) >= 11 is 0. The summed E-state index contributed by atoms with van der Waals surface area (Å²) in [6.45, 7) is 4.59. The van der Waals surface area contributed by atoms with Crippen molar-refractivity contribution in [3.63, 3.8) is 0 Å². The molecule has 166 valence electrons. The predicted octanol–water partition coefficient (Wildman–Crippen LogP) is 3.88. The number of aromatic nitrogens is 3. The lowest BCUT2D eigenvalue weighted by atomic mass is 10.1. The molecule has 2 aromatic carbocycles. The first-order valence-corrected chi connectivity index (χ1v) is 10.5. The lowest BCUT2D eigenvalue weighted by Gasteiger charge is -2.27. The molecular formula is C23H22F3N5O. The molecule has 5 rings (SSSR count). The van der Waals surface area contributed by atoms with Gasteiger partial charge in [0.25, 0.3) is 0 Å². The van der Waals surface area contributed by atoms with Crippen LogP contribution in [0.4, 0.5) is 13.2 Å². The van der Waals surface area contributed by atoms with Crippen LogP contribution in [0, 0.1) is 0 Å². The number of para-hydroxylation sites is 2. The highest BCUT2D eigenvalue weighted by atomic mass is 19.4. The molecule has 0 aliphatic carbocycles. The van der Waals surface area contributed by atoms with E-state index in [1.165, 1.54) is 6.07 Å². The smallest absolute Gasteiger partial charge is 0.435 e. The molecule has 6 nitrogen and oxygen atoms in total. The number of rotatable bonds is 4. The lowest BCUT2D eigenvalue weighted by Crippen LogP contribution is -2.44. The molecule has 4 aromatic rings. The van der Waals surface area contributed by atoms with E-state index in [9.17, 15) is 18.3 Å². The molecule has 32 heavy (non-hydrogen) atoms. The molecule has 3 heterocycles. The Bertz CT molecular complexity index is 1280. The third kappa shape index (κ3) is 3.67. The maximum Gasteiger partial charge on any atom is 0.435 e. The van der Waals surface area contributed by atoms with Gasteiger partial charge in [0, 0.05) is 44.7 Å². The molecule has 0 atom stereocenters. The zero-order valence-corrected chi connectivity index (χ0v) is 17.2. The normalized spacial score (nSPS) is 15.6. The van der Waals surface area contributed by atoms with Gasteiger partial charge in [0.15, 0.2) is 5.69 Å². The molecule has 1 saturated heterocycles. The van der Waals surface area contributed by atoms with Crippen molar-refractivity contribution in [2.45, 2.75) is 12.7 Å². The van der Waals surface area contributed by atoms with Crippen molar-refractivity contribution < 1.29 is 18.3 Å². The highest BCUT2D eigenvalue weighted by Crippen LogP contribution is 2.39. The Kier molecular flexibility index (Phi) is 5.22. The quantitative estimate of drug-likeness (QED) is 0.503. The Morgan fingerprint density at radius 2 is 1.66 bits per heavy atom. The summed E-state index contributed by atoms with van der Waals surface area (Å²) in [5, 5.41) is 14.4. The Labute approximate surface area is 182 Å². The molecule has 1 aliphatic rings. The lowest BCUT2D eigenvalue weighted by molar-refractivity contribution is -0.139. The average Bonchev–Trinajstić information content (AvgIpc) is 3.17. The molecule has 0 radical (unpaired) electrons. The third-order valence-corrected chi connectivity index (χ3v) is 5.85. The number of aromatic hydroxyl groups is 1. The molecule has 0 unspecified atom stereocenters. The minimum absolute atomic E-state index is 0.0305. The number of fused-ring (bicyclic) bond motifs is 3. The fraction of sp³-hybridized carbons (Fsp3) is 0.304. The largest absolute Gasteiger partial charge is 0.507 e. The Hall–Kier alpha value is -3.17. The first kappa shape index (κ1) is 20.7. The van der Waals surface area contributed by atoms with Crippen LogP contribution in [0.5, 0.6) is 5.75 Å². The van der Waals surface area contributed by atoms with Gasteiger partial charge in [-0.05, 0) is 18.2 Å². The summed E-state index contributed by atoms with van der Waals surface area (Å²) in [6, 6.07) is 13.4. The number of alkyl halides is 3. The predicted molar refractivity (Wildman–Crippen MR) is 116 cm³/mol. The fourth-order valence-corrected chi connectivity index (χ4v) is 4.30. The van der Waals surface area contributed by atoms with Gasteiger partial charge in [-0.2, -0.15) is 13.2 Å². The summed E-state index contributed by atoms with van der Waals surface area (Å²) in [5.41, 5.74) is -0.171. The van der Waals surface area contributed by atoms with Gasteiger partial charge in [-0.3, -0.25) is 4.90 Å². The molecule has 1 fully saturated rings. The van der Waals surface area contributed by atoms with Crippen molar-refractivity contribution in [3.05, 3.63) is 54.2 Å². The van der Waals surface area contributed by atoms with Gasteiger partial charge in [-0.1, -0.05) is 30.3 Å². The van der Waals surface area contributed by atoms with Gasteiger partial charge >= 0.3 is 6.18 Å². The van der Waals surface area contributed by atoms with Crippen molar-refractivity contribution in [2.75, 3.05) is 32.7 Å². The Balaban J connectivity index is 1.77. The zero-order valence-electron chi connectivity index (χ0n) is 17.2. The number of pyridine rings is 1. The van der Waals surface area contributed by atoms with E-state index in [1.807, 2.05) is 0 Å². The monoisotopic (exact) mass is 441 g/mol. The average molecular weight is 441 g/mol. The van der Waals surface area contributed by atoms with Crippen LogP contribution in [-0.2, 0) is 12.7 Å². The number of phenols is 1. The number of hydrogen-bond donors (Lipinski definition) is 2. The Morgan fingerprint density at radius 1 is 0.938 bits per heavy atom. The van der Waals surface area contributed by atoms with Gasteiger partial charge < -0.3 is 15.0 Å². The number of imidazole rings is 1. The van der Waals surface area contributed by atoms with Crippen LogP contribution in [0.2, 0.25) is 0 Å². The summed E-state index contributed by atoms with van der Waals surface area (Å²) < 4.78 is 43.7. The van der Waals surface area contributed by atoms with Crippen LogP contribution in [0.15, 0.2) is 48.5 Å². The number of halogens is 3. The molecule has 0 bridgehead atoms. The molecule has 0 saturated carbocycles. The number of phenolic OH excluding ortho intramolecular Hbond substituents is 1. The van der Waals surface area contributed by atoms with Gasteiger partial charge in [0.1, 0.15) is 17.1 Å². The van der Waals surface area contributed by atoms with E-state index in [-0.39, 0.29) is 16.8 Å². The molecule has 0 spiro atoms. The first-order valence-electron chi connectivity index (χ1n) is 10.5. The number of benzene rings is 2. The van der Waals surface area contributed by atoms with Gasteiger partial charge in [-0.25, -0.2) is 9.97 Å². The minimum atomic E-state index is -4.66. The fourth-order valence-electron chi connectivity index (χ4n) is 4.30. The van der Waals surface area contributed by atoms with Gasteiger partial charge in [0.05, 0.1) is 16.6 Å². The highest BCUT2D eigenvalue weighted by molar-refractivity contribution is 6.05. The number of piperazine rings is 1. The topological polar surface area (TPSA) is 66.2 Å². The standard InChI is InChI=1S/C23H22F3N5O/c24-23(25,26)21-19-20(15-5-1-3-7-17(15)28-21)31(14-13-30-11-9-27-10-12-30)22(29-19)16-6-2-4-8-18(16)32/h1-8,27,32H,9-14H2.